The second-order valence-corrected chi connectivity index (χ2v) is 3.75. The van der Waals surface area contributed by atoms with Crippen molar-refractivity contribution in [2.75, 3.05) is 0 Å². The Morgan fingerprint density at radius 2 is 1.53 bits per heavy atom. The van der Waals surface area contributed by atoms with Gasteiger partial charge in [0.15, 0.2) is 0 Å². The van der Waals surface area contributed by atoms with Gasteiger partial charge in [0.1, 0.15) is 0 Å². The van der Waals surface area contributed by atoms with E-state index in [9.17, 15) is 0 Å². The van der Waals surface area contributed by atoms with E-state index >= 15 is 0 Å². The molecule has 2 aromatic carbocycles. The molecule has 0 aromatic heterocycles. The molecule has 90 valence electrons. The second kappa shape index (κ2) is 11.3. The molecule has 0 spiro atoms. The van der Waals surface area contributed by atoms with Crippen LogP contribution in [-0.4, -0.2) is 0 Å². The molecule has 0 heterocycles. The predicted octanol–water partition coefficient (Wildman–Crippen LogP) is -2.30. The van der Waals surface area contributed by atoms with Crippen molar-refractivity contribution in [1.82, 2.24) is 0 Å². The van der Waals surface area contributed by atoms with E-state index in [4.69, 9.17) is 0 Å². The average Bonchev–Trinajstić information content (AvgIpc) is 2.92. The van der Waals surface area contributed by atoms with Gasteiger partial charge >= 0.3 is 26.2 Å². The van der Waals surface area contributed by atoms with Crippen molar-refractivity contribution in [3.05, 3.63) is 59.7 Å². The maximum absolute atomic E-state index is 2.26. The number of hydrogen-bond donors (Lipinski definition) is 0. The number of rotatable bonds is 0. The first-order valence-corrected chi connectivity index (χ1v) is 5.37. The van der Waals surface area contributed by atoms with Gasteiger partial charge in [0.2, 0.25) is 0 Å². The fourth-order valence-corrected chi connectivity index (χ4v) is 1.93. The summed E-state index contributed by atoms with van der Waals surface area (Å²) < 4.78 is 0. The van der Waals surface area contributed by atoms with Gasteiger partial charge < -0.3 is 24.8 Å². The third-order valence-electron chi connectivity index (χ3n) is 2.71. The third kappa shape index (κ3) is 6.60. The van der Waals surface area contributed by atoms with Gasteiger partial charge in [-0.2, -0.15) is 41.5 Å². The Kier molecular flexibility index (Phi) is 12.9. The summed E-state index contributed by atoms with van der Waals surface area (Å²) in [5.41, 5.74) is 3.20. The molecular weight excluding hydrogens is 330 g/mol. The van der Waals surface area contributed by atoms with Crippen molar-refractivity contribution in [3.63, 3.8) is 0 Å². The number of hydrogen-bond acceptors (Lipinski definition) is 0. The molecule has 0 saturated carbocycles. The largest absolute Gasteiger partial charge is 4.00 e. The van der Waals surface area contributed by atoms with Gasteiger partial charge in [0.05, 0.1) is 0 Å². The van der Waals surface area contributed by atoms with Gasteiger partial charge in [-0.1, -0.05) is 25.7 Å². The minimum Gasteiger partial charge on any atom is -1.00 e. The summed E-state index contributed by atoms with van der Waals surface area (Å²) >= 11 is 0. The zero-order valence-electron chi connectivity index (χ0n) is 9.70. The zero-order chi connectivity index (χ0) is 9.64. The fourth-order valence-electron chi connectivity index (χ4n) is 1.93. The SMILES string of the molecule is [Cl-].[Cl-].[Zr+4].c1cc2c([cH-]1)CCCC2.c1cc[cH-]c1. The van der Waals surface area contributed by atoms with E-state index in [2.05, 4.69) is 18.2 Å². The molecule has 0 bridgehead atoms. The van der Waals surface area contributed by atoms with Crippen molar-refractivity contribution in [1.29, 1.82) is 0 Å². The first-order valence-electron chi connectivity index (χ1n) is 5.37. The Hall–Kier alpha value is 0.163. The number of halogens is 2. The van der Waals surface area contributed by atoms with Crippen LogP contribution in [0.4, 0.5) is 0 Å². The van der Waals surface area contributed by atoms with E-state index < -0.39 is 0 Å². The molecule has 0 N–H and O–H groups in total. The fraction of sp³-hybridized carbons (Fsp3) is 0.286. The van der Waals surface area contributed by atoms with Gasteiger partial charge in [-0.15, -0.1) is 0 Å². The monoisotopic (exact) mass is 344 g/mol. The van der Waals surface area contributed by atoms with Crippen molar-refractivity contribution < 1.29 is 51.0 Å². The van der Waals surface area contributed by atoms with Gasteiger partial charge in [-0.25, -0.2) is 18.2 Å². The molecule has 0 atom stereocenters. The Balaban J connectivity index is 0. The van der Waals surface area contributed by atoms with Crippen molar-refractivity contribution in [3.8, 4) is 0 Å². The summed E-state index contributed by atoms with van der Waals surface area (Å²) in [7, 11) is 0. The Morgan fingerprint density at radius 3 is 2.06 bits per heavy atom. The van der Waals surface area contributed by atoms with Crippen LogP contribution in [0.25, 0.3) is 0 Å². The van der Waals surface area contributed by atoms with Gasteiger partial charge in [0.25, 0.3) is 0 Å². The molecule has 0 amide bonds. The van der Waals surface area contributed by atoms with E-state index in [1.165, 1.54) is 25.7 Å². The van der Waals surface area contributed by atoms with E-state index in [0.717, 1.165) is 0 Å². The molecule has 0 unspecified atom stereocenters. The second-order valence-electron chi connectivity index (χ2n) is 3.75. The maximum atomic E-state index is 2.26. The Labute approximate surface area is 135 Å². The maximum Gasteiger partial charge on any atom is 4.00 e. The van der Waals surface area contributed by atoms with Crippen LogP contribution in [0.1, 0.15) is 24.0 Å². The van der Waals surface area contributed by atoms with Crippen molar-refractivity contribution >= 4 is 0 Å². The first-order chi connectivity index (χ1) is 6.97. The van der Waals surface area contributed by atoms with E-state index in [1.807, 2.05) is 30.3 Å². The van der Waals surface area contributed by atoms with E-state index in [0.29, 0.717) is 0 Å². The molecule has 17 heavy (non-hydrogen) atoms. The average molecular weight is 346 g/mol. The molecule has 0 nitrogen and oxygen atoms in total. The van der Waals surface area contributed by atoms with Crippen LogP contribution in [0, 0.1) is 0 Å². The predicted molar refractivity (Wildman–Crippen MR) is 60.7 cm³/mol. The van der Waals surface area contributed by atoms with Crippen LogP contribution in [0.2, 0.25) is 0 Å². The summed E-state index contributed by atoms with van der Waals surface area (Å²) in [6.07, 6.45) is 5.44. The van der Waals surface area contributed by atoms with Gasteiger partial charge in [0, 0.05) is 0 Å². The summed E-state index contributed by atoms with van der Waals surface area (Å²) in [4.78, 5) is 0. The normalized spacial score (nSPS) is 11.5. The molecule has 3 rings (SSSR count). The molecule has 0 fully saturated rings. The molecular formula is C14H16Cl2Zr. The van der Waals surface area contributed by atoms with E-state index in [-0.39, 0.29) is 51.0 Å². The van der Waals surface area contributed by atoms with Gasteiger partial charge in [-0.3, -0.25) is 0 Å². The van der Waals surface area contributed by atoms with Gasteiger partial charge in [-0.05, 0) is 0 Å². The molecule has 1 aliphatic rings. The van der Waals surface area contributed by atoms with Crippen LogP contribution in [0.3, 0.4) is 0 Å². The summed E-state index contributed by atoms with van der Waals surface area (Å²) in [6, 6.07) is 16.7. The standard InChI is InChI=1S/C9H11.C5H5.2ClH.Zr/c1-2-5-9-7-3-6-8(9)4-1;1-2-4-5-3-1;;;/h3,6-7H,1-2,4-5H2;1-5H;2*1H;/q2*-1;;;+4/p-2. The number of fused-ring (bicyclic) bond motifs is 1. The van der Waals surface area contributed by atoms with E-state index in [1.54, 1.807) is 11.1 Å². The van der Waals surface area contributed by atoms with Crippen molar-refractivity contribution in [2.24, 2.45) is 0 Å². The minimum absolute atomic E-state index is 0. The third-order valence-corrected chi connectivity index (χ3v) is 2.71. The summed E-state index contributed by atoms with van der Waals surface area (Å²) in [5.74, 6) is 0. The molecule has 3 heteroatoms. The van der Waals surface area contributed by atoms with Crippen LogP contribution in [-0.2, 0) is 39.0 Å². The number of aryl methyl sites for hydroxylation is 2. The van der Waals surface area contributed by atoms with Crippen LogP contribution >= 0.6 is 0 Å². The molecule has 2 aromatic rings. The smallest absolute Gasteiger partial charge is 1.00 e. The minimum atomic E-state index is 0. The van der Waals surface area contributed by atoms with Crippen LogP contribution in [0.5, 0.6) is 0 Å². The molecule has 0 aliphatic heterocycles. The Bertz CT molecular complexity index is 314. The molecule has 0 radical (unpaired) electrons. The topological polar surface area (TPSA) is 0 Å². The summed E-state index contributed by atoms with van der Waals surface area (Å²) in [5, 5.41) is 0. The van der Waals surface area contributed by atoms with Crippen LogP contribution < -0.4 is 24.8 Å². The first kappa shape index (κ1) is 19.5. The zero-order valence-corrected chi connectivity index (χ0v) is 13.7. The van der Waals surface area contributed by atoms with Crippen LogP contribution in [0.15, 0.2) is 48.5 Å². The molecule has 0 saturated heterocycles. The summed E-state index contributed by atoms with van der Waals surface area (Å²) in [6.45, 7) is 0. The van der Waals surface area contributed by atoms with Crippen molar-refractivity contribution in [2.45, 2.75) is 25.7 Å². The quantitative estimate of drug-likeness (QED) is 0.471. The Morgan fingerprint density at radius 1 is 0.882 bits per heavy atom. The molecule has 1 aliphatic carbocycles.